The van der Waals surface area contributed by atoms with Crippen LogP contribution in [-0.4, -0.2) is 47.9 Å². The number of rotatable bonds is 8. The Morgan fingerprint density at radius 3 is 1.38 bits per heavy atom. The molecule has 0 spiro atoms. The van der Waals surface area contributed by atoms with Gasteiger partial charge in [0.25, 0.3) is 0 Å². The van der Waals surface area contributed by atoms with Crippen molar-refractivity contribution in [3.63, 3.8) is 0 Å². The minimum atomic E-state index is -8.21. The number of ether oxygens (including phenoxy) is 1. The van der Waals surface area contributed by atoms with E-state index < -0.39 is 60.7 Å². The van der Waals surface area contributed by atoms with Gasteiger partial charge in [-0.1, -0.05) is 6.58 Å². The Bertz CT molecular complexity index is 634. The first-order chi connectivity index (χ1) is 12.4. The monoisotopic (exact) mass is 468 g/mol. The van der Waals surface area contributed by atoms with Crippen molar-refractivity contribution in [2.45, 2.75) is 48.8 Å². The third-order valence-electron chi connectivity index (χ3n) is 3.40. The summed E-state index contributed by atoms with van der Waals surface area (Å²) in [5, 5.41) is 0. The molecular weight excluding hydrogens is 461 g/mol. The van der Waals surface area contributed by atoms with E-state index in [2.05, 4.69) is 11.3 Å². The first-order valence-corrected chi connectivity index (χ1v) is 6.55. The molecule has 0 aromatic carbocycles. The molecule has 0 aliphatic heterocycles. The van der Waals surface area contributed by atoms with Crippen LogP contribution < -0.4 is 0 Å². The van der Waals surface area contributed by atoms with Gasteiger partial charge in [-0.05, 0) is 6.92 Å². The Morgan fingerprint density at radius 2 is 1.07 bits per heavy atom. The van der Waals surface area contributed by atoms with Crippen molar-refractivity contribution in [2.75, 3.05) is 0 Å². The smallest absolute Gasteiger partial charge is 0.393 e. The van der Waals surface area contributed by atoms with Crippen molar-refractivity contribution in [3.8, 4) is 0 Å². The number of carbonyl (C=O) groups is 1. The minimum absolute atomic E-state index is 0.381. The number of hydrogen-bond donors (Lipinski definition) is 0. The van der Waals surface area contributed by atoms with Gasteiger partial charge < -0.3 is 4.74 Å². The Balaban J connectivity index is 6.51. The second-order valence-corrected chi connectivity index (χ2v) is 5.33. The van der Waals surface area contributed by atoms with Gasteiger partial charge in [0.05, 0.1) is 0 Å². The van der Waals surface area contributed by atoms with Gasteiger partial charge in [-0.2, -0.15) is 65.9 Å². The molecule has 172 valence electrons. The van der Waals surface area contributed by atoms with Crippen LogP contribution in [0.3, 0.4) is 0 Å². The van der Waals surface area contributed by atoms with Gasteiger partial charge in [0.1, 0.15) is 5.92 Å². The molecule has 0 heterocycles. The summed E-state index contributed by atoms with van der Waals surface area (Å²) in [5.74, 6) is -46.8. The summed E-state index contributed by atoms with van der Waals surface area (Å²) in [7, 11) is 0. The molecule has 0 N–H and O–H groups in total. The topological polar surface area (TPSA) is 26.3 Å². The molecule has 2 nitrogen and oxygen atoms in total. The predicted octanol–water partition coefficient (Wildman–Crippen LogP) is 5.68. The van der Waals surface area contributed by atoms with Gasteiger partial charge in [0.2, 0.25) is 0 Å². The average Bonchev–Trinajstić information content (AvgIpc) is 2.51. The zero-order chi connectivity index (χ0) is 24.1. The van der Waals surface area contributed by atoms with Crippen LogP contribution >= 0.6 is 0 Å². The zero-order valence-electron chi connectivity index (χ0n) is 13.3. The van der Waals surface area contributed by atoms with Crippen LogP contribution in [0.15, 0.2) is 12.7 Å². The van der Waals surface area contributed by atoms with E-state index in [1.165, 1.54) is 0 Å². The second-order valence-electron chi connectivity index (χ2n) is 5.33. The molecule has 1 atom stereocenters. The number of carbonyl (C=O) groups excluding carboxylic acids is 1. The van der Waals surface area contributed by atoms with Crippen LogP contribution in [0.4, 0.5) is 65.9 Å². The lowest BCUT2D eigenvalue weighted by atomic mass is 9.88. The molecular formula is C12H7F15O2. The Hall–Kier alpha value is -1.84. The SMILES string of the molecule is C=CC(=O)OC(F)(F)C(F)(F)C(F)(F)C(F)(F)C(F)(F)C(F)(F)C(C)C(F)(F)F. The number of alkyl halides is 15. The van der Waals surface area contributed by atoms with E-state index in [1.807, 2.05) is 0 Å². The van der Waals surface area contributed by atoms with E-state index >= 15 is 0 Å². The number of halogens is 15. The van der Waals surface area contributed by atoms with E-state index in [9.17, 15) is 70.7 Å². The van der Waals surface area contributed by atoms with Crippen LogP contribution in [0.2, 0.25) is 0 Å². The Morgan fingerprint density at radius 1 is 0.724 bits per heavy atom. The molecule has 0 radical (unpaired) electrons. The molecule has 0 aromatic rings. The van der Waals surface area contributed by atoms with Crippen molar-refractivity contribution in [2.24, 2.45) is 5.92 Å². The molecule has 0 bridgehead atoms. The fourth-order valence-electron chi connectivity index (χ4n) is 1.50. The maximum absolute atomic E-state index is 13.3. The quantitative estimate of drug-likeness (QED) is 0.260. The van der Waals surface area contributed by atoms with Crippen LogP contribution in [0.1, 0.15) is 6.92 Å². The molecule has 17 heteroatoms. The largest absolute Gasteiger partial charge is 0.473 e. The molecule has 29 heavy (non-hydrogen) atoms. The first kappa shape index (κ1) is 27.2. The molecule has 0 aliphatic rings. The summed E-state index contributed by atoms with van der Waals surface area (Å²) >= 11 is 0. The van der Waals surface area contributed by atoms with Crippen LogP contribution in [0.25, 0.3) is 0 Å². The van der Waals surface area contributed by atoms with E-state index in [0.717, 1.165) is 0 Å². The lowest BCUT2D eigenvalue weighted by Gasteiger charge is -2.42. The fourth-order valence-corrected chi connectivity index (χ4v) is 1.50. The highest BCUT2D eigenvalue weighted by molar-refractivity contribution is 5.81. The van der Waals surface area contributed by atoms with Crippen LogP contribution in [0, 0.1) is 5.92 Å². The Kier molecular flexibility index (Phi) is 6.69. The number of hydrogen-bond acceptors (Lipinski definition) is 2. The van der Waals surface area contributed by atoms with Crippen LogP contribution in [-0.2, 0) is 9.53 Å². The normalized spacial score (nSPS) is 16.4. The molecule has 1 unspecified atom stereocenters. The molecule has 0 saturated carbocycles. The van der Waals surface area contributed by atoms with E-state index in [0.29, 0.717) is 0 Å². The van der Waals surface area contributed by atoms with Crippen molar-refractivity contribution in [3.05, 3.63) is 12.7 Å². The maximum atomic E-state index is 13.3. The van der Waals surface area contributed by atoms with Crippen molar-refractivity contribution >= 4 is 5.97 Å². The first-order valence-electron chi connectivity index (χ1n) is 6.55. The lowest BCUT2D eigenvalue weighted by Crippen LogP contribution is -2.72. The lowest BCUT2D eigenvalue weighted by molar-refractivity contribution is -0.456. The predicted molar refractivity (Wildman–Crippen MR) is 61.2 cm³/mol. The molecule has 0 saturated heterocycles. The van der Waals surface area contributed by atoms with E-state index in [4.69, 9.17) is 0 Å². The minimum Gasteiger partial charge on any atom is -0.393 e. The van der Waals surface area contributed by atoms with Gasteiger partial charge in [-0.15, -0.1) is 0 Å². The van der Waals surface area contributed by atoms with Gasteiger partial charge in [-0.3, -0.25) is 0 Å². The van der Waals surface area contributed by atoms with Gasteiger partial charge in [-0.25, -0.2) is 4.79 Å². The highest BCUT2D eigenvalue weighted by Crippen LogP contribution is 2.62. The summed E-state index contributed by atoms with van der Waals surface area (Å²) in [4.78, 5) is 10.4. The van der Waals surface area contributed by atoms with Gasteiger partial charge in [0.15, 0.2) is 0 Å². The highest BCUT2D eigenvalue weighted by atomic mass is 19.4. The Labute approximate surface area is 150 Å². The molecule has 0 rings (SSSR count). The maximum Gasteiger partial charge on any atom is 0.473 e. The third-order valence-corrected chi connectivity index (χ3v) is 3.40. The number of esters is 1. The highest BCUT2D eigenvalue weighted by Gasteiger charge is 2.92. The summed E-state index contributed by atoms with van der Waals surface area (Å²) in [5.41, 5.74) is 0. The van der Waals surface area contributed by atoms with Crippen LogP contribution in [0.5, 0.6) is 0 Å². The second kappa shape index (κ2) is 7.14. The standard InChI is InChI=1S/C12H7F15O2/c1-3-5(28)29-12(26,27)11(24,25)10(22,23)9(20,21)8(18,19)6(13,14)4(2)7(15,16)17/h3-4H,1H2,2H3. The van der Waals surface area contributed by atoms with Gasteiger partial charge >= 0.3 is 47.9 Å². The van der Waals surface area contributed by atoms with E-state index in [-0.39, 0.29) is 6.08 Å². The molecule has 0 aromatic heterocycles. The summed E-state index contributed by atoms with van der Waals surface area (Å²) in [6, 6.07) is 0. The fraction of sp³-hybridized carbons (Fsp3) is 0.750. The molecule has 0 aliphatic carbocycles. The van der Waals surface area contributed by atoms with Crippen molar-refractivity contribution in [1.29, 1.82) is 0 Å². The summed E-state index contributed by atoms with van der Waals surface area (Å²) in [6.07, 6.45) is -13.8. The van der Waals surface area contributed by atoms with Crippen molar-refractivity contribution < 1.29 is 75.4 Å². The molecule has 0 amide bonds. The van der Waals surface area contributed by atoms with Crippen molar-refractivity contribution in [1.82, 2.24) is 0 Å². The summed E-state index contributed by atoms with van der Waals surface area (Å²) in [6.45, 7) is 1.46. The van der Waals surface area contributed by atoms with Gasteiger partial charge in [0, 0.05) is 6.08 Å². The third kappa shape index (κ3) is 3.95. The zero-order valence-corrected chi connectivity index (χ0v) is 13.3. The van der Waals surface area contributed by atoms with E-state index in [1.54, 1.807) is 0 Å². The summed E-state index contributed by atoms with van der Waals surface area (Å²) < 4.78 is 198. The molecule has 0 fully saturated rings. The average molecular weight is 468 g/mol.